The number of para-hydroxylation sites is 1. The molecule has 0 amide bonds. The number of methoxy groups -OCH3 is 1. The Morgan fingerprint density at radius 2 is 1.88 bits per heavy atom. The minimum absolute atomic E-state index is 0.294. The lowest BCUT2D eigenvalue weighted by Crippen LogP contribution is -2.21. The summed E-state index contributed by atoms with van der Waals surface area (Å²) in [6.07, 6.45) is 4.90. The van der Waals surface area contributed by atoms with Gasteiger partial charge in [0.1, 0.15) is 5.00 Å². The van der Waals surface area contributed by atoms with Gasteiger partial charge in [-0.15, -0.1) is 11.3 Å². The molecule has 6 heteroatoms. The van der Waals surface area contributed by atoms with Crippen LogP contribution in [0.5, 0.6) is 0 Å². The average Bonchev–Trinajstić information content (AvgIpc) is 3.21. The normalized spacial score (nSPS) is 12.6. The summed E-state index contributed by atoms with van der Waals surface area (Å²) >= 11 is 7.17. The van der Waals surface area contributed by atoms with E-state index in [9.17, 15) is 4.79 Å². The Balaban J connectivity index is 1.85. The largest absolute Gasteiger partial charge is 0.465 e. The summed E-state index contributed by atoms with van der Waals surface area (Å²) < 4.78 is 5.00. The number of carbonyl (C=O) groups excluding carboxylic acids is 1. The molecule has 1 aliphatic carbocycles. The van der Waals surface area contributed by atoms with Crippen molar-refractivity contribution in [1.82, 2.24) is 0 Å². The molecule has 1 aromatic carbocycles. The van der Waals surface area contributed by atoms with E-state index in [1.807, 2.05) is 0 Å². The molecule has 0 unspecified atom stereocenters. The molecule has 0 spiro atoms. The van der Waals surface area contributed by atoms with E-state index in [-0.39, 0.29) is 5.97 Å². The van der Waals surface area contributed by atoms with Gasteiger partial charge in [0.15, 0.2) is 5.11 Å². The highest BCUT2D eigenvalue weighted by Crippen LogP contribution is 2.39. The number of ether oxygens (including phenoxy) is 1. The van der Waals surface area contributed by atoms with Crippen LogP contribution in [-0.2, 0) is 30.4 Å². The van der Waals surface area contributed by atoms with Gasteiger partial charge in [0, 0.05) is 10.6 Å². The maximum atomic E-state index is 12.3. The quantitative estimate of drug-likeness (QED) is 0.560. The van der Waals surface area contributed by atoms with Crippen LogP contribution in [0.15, 0.2) is 18.2 Å². The van der Waals surface area contributed by atoms with Crippen molar-refractivity contribution in [3.05, 3.63) is 45.3 Å². The lowest BCUT2D eigenvalue weighted by molar-refractivity contribution is 0.0601. The second kappa shape index (κ2) is 8.18. The van der Waals surface area contributed by atoms with Crippen LogP contribution in [0.2, 0.25) is 0 Å². The van der Waals surface area contributed by atoms with E-state index in [1.165, 1.54) is 23.1 Å². The molecule has 0 saturated heterocycles. The van der Waals surface area contributed by atoms with Crippen LogP contribution in [0.4, 0.5) is 10.7 Å². The van der Waals surface area contributed by atoms with Crippen LogP contribution in [0.3, 0.4) is 0 Å². The van der Waals surface area contributed by atoms with E-state index in [0.717, 1.165) is 48.4 Å². The van der Waals surface area contributed by atoms with Gasteiger partial charge < -0.3 is 15.4 Å². The fourth-order valence-electron chi connectivity index (χ4n) is 3.46. The molecule has 0 fully saturated rings. The topological polar surface area (TPSA) is 50.4 Å². The van der Waals surface area contributed by atoms with Gasteiger partial charge in [0.05, 0.1) is 12.7 Å². The monoisotopic (exact) mass is 388 g/mol. The standard InChI is InChI=1S/C20H24N2O2S2/c1-4-12-8-6-9-13(5-2)17(12)21-20(25)22-18-16(19(23)24-3)14-10-7-11-15(14)26-18/h6,8-9H,4-5,7,10-11H2,1-3H3,(H2,21,22,25). The van der Waals surface area contributed by atoms with E-state index >= 15 is 0 Å². The zero-order valence-electron chi connectivity index (χ0n) is 15.4. The van der Waals surface area contributed by atoms with Crippen molar-refractivity contribution in [2.75, 3.05) is 17.7 Å². The van der Waals surface area contributed by atoms with E-state index in [2.05, 4.69) is 42.7 Å². The van der Waals surface area contributed by atoms with E-state index < -0.39 is 0 Å². The average molecular weight is 389 g/mol. The second-order valence-corrected chi connectivity index (χ2v) is 7.80. The summed E-state index contributed by atoms with van der Waals surface area (Å²) in [5.74, 6) is -0.294. The molecule has 1 aliphatic rings. The number of fused-ring (bicyclic) bond motifs is 1. The summed E-state index contributed by atoms with van der Waals surface area (Å²) in [5, 5.41) is 7.89. The number of thiocarbonyl (C=S) groups is 1. The predicted octanol–water partition coefficient (Wildman–Crippen LogP) is 4.96. The summed E-state index contributed by atoms with van der Waals surface area (Å²) in [7, 11) is 1.42. The molecule has 1 aromatic heterocycles. The van der Waals surface area contributed by atoms with Crippen molar-refractivity contribution in [3.8, 4) is 0 Å². The summed E-state index contributed by atoms with van der Waals surface area (Å²) in [6.45, 7) is 4.27. The van der Waals surface area contributed by atoms with E-state index in [4.69, 9.17) is 17.0 Å². The van der Waals surface area contributed by atoms with Crippen molar-refractivity contribution >= 4 is 45.3 Å². The number of carbonyl (C=O) groups is 1. The number of benzene rings is 1. The predicted molar refractivity (Wildman–Crippen MR) is 113 cm³/mol. The molecule has 4 nitrogen and oxygen atoms in total. The highest BCUT2D eigenvalue weighted by Gasteiger charge is 2.27. The number of thiophene rings is 1. The molecule has 3 rings (SSSR count). The smallest absolute Gasteiger partial charge is 0.341 e. The van der Waals surface area contributed by atoms with Gasteiger partial charge >= 0.3 is 5.97 Å². The molecule has 0 aliphatic heterocycles. The lowest BCUT2D eigenvalue weighted by atomic mass is 10.0. The highest BCUT2D eigenvalue weighted by atomic mass is 32.1. The van der Waals surface area contributed by atoms with Crippen LogP contribution in [0, 0.1) is 0 Å². The molecule has 0 atom stereocenters. The fraction of sp³-hybridized carbons (Fsp3) is 0.400. The van der Waals surface area contributed by atoms with Crippen molar-refractivity contribution in [2.24, 2.45) is 0 Å². The number of esters is 1. The molecular weight excluding hydrogens is 364 g/mol. The zero-order chi connectivity index (χ0) is 18.7. The third-order valence-corrected chi connectivity index (χ3v) is 6.19. The van der Waals surface area contributed by atoms with E-state index in [1.54, 1.807) is 11.3 Å². The summed E-state index contributed by atoms with van der Waals surface area (Å²) in [5.41, 5.74) is 5.30. The number of anilines is 2. The number of nitrogens with one attached hydrogen (secondary N) is 2. The van der Waals surface area contributed by atoms with Crippen LogP contribution in [0.1, 0.15) is 52.2 Å². The first-order chi connectivity index (χ1) is 12.6. The van der Waals surface area contributed by atoms with Gasteiger partial charge in [0.25, 0.3) is 0 Å². The first-order valence-corrected chi connectivity index (χ1v) is 10.2. The first kappa shape index (κ1) is 18.9. The van der Waals surface area contributed by atoms with Gasteiger partial charge in [-0.1, -0.05) is 32.0 Å². The zero-order valence-corrected chi connectivity index (χ0v) is 17.0. The van der Waals surface area contributed by atoms with Crippen molar-refractivity contribution in [1.29, 1.82) is 0 Å². The Bertz CT molecular complexity index is 820. The van der Waals surface area contributed by atoms with Gasteiger partial charge in [-0.3, -0.25) is 0 Å². The molecular formula is C20H24N2O2S2. The molecule has 2 N–H and O–H groups in total. The van der Waals surface area contributed by atoms with Crippen molar-refractivity contribution in [3.63, 3.8) is 0 Å². The van der Waals surface area contributed by atoms with Crippen LogP contribution in [0.25, 0.3) is 0 Å². The Labute approximate surface area is 164 Å². The van der Waals surface area contributed by atoms with Crippen LogP contribution >= 0.6 is 23.6 Å². The SMILES string of the molecule is CCc1cccc(CC)c1NC(=S)Nc1sc2c(c1C(=O)OC)CCC2. The first-order valence-electron chi connectivity index (χ1n) is 9.00. The third-order valence-electron chi connectivity index (χ3n) is 4.78. The Morgan fingerprint density at radius 1 is 1.19 bits per heavy atom. The molecule has 2 aromatic rings. The lowest BCUT2D eigenvalue weighted by Gasteiger charge is -2.17. The highest BCUT2D eigenvalue weighted by molar-refractivity contribution is 7.80. The van der Waals surface area contributed by atoms with Crippen LogP contribution < -0.4 is 10.6 Å². The second-order valence-electron chi connectivity index (χ2n) is 6.29. The third kappa shape index (κ3) is 3.62. The molecule has 0 radical (unpaired) electrons. The fourth-order valence-corrected chi connectivity index (χ4v) is 5.01. The summed E-state index contributed by atoms with van der Waals surface area (Å²) in [6, 6.07) is 6.31. The van der Waals surface area contributed by atoms with E-state index in [0.29, 0.717) is 10.7 Å². The Hall–Kier alpha value is -1.92. The van der Waals surface area contributed by atoms with Gasteiger partial charge in [-0.05, 0) is 61.0 Å². The molecule has 0 saturated carbocycles. The van der Waals surface area contributed by atoms with Gasteiger partial charge in [-0.2, -0.15) is 0 Å². The van der Waals surface area contributed by atoms with Crippen molar-refractivity contribution in [2.45, 2.75) is 46.0 Å². The maximum Gasteiger partial charge on any atom is 0.341 e. The van der Waals surface area contributed by atoms with Crippen LogP contribution in [-0.4, -0.2) is 18.2 Å². The Kier molecular flexibility index (Phi) is 5.94. The molecule has 26 heavy (non-hydrogen) atoms. The van der Waals surface area contributed by atoms with Crippen molar-refractivity contribution < 1.29 is 9.53 Å². The summed E-state index contributed by atoms with van der Waals surface area (Å²) in [4.78, 5) is 13.5. The number of hydrogen-bond acceptors (Lipinski definition) is 4. The minimum atomic E-state index is -0.294. The molecule has 1 heterocycles. The number of rotatable bonds is 5. The maximum absolute atomic E-state index is 12.3. The van der Waals surface area contributed by atoms with Gasteiger partial charge in [0.2, 0.25) is 0 Å². The minimum Gasteiger partial charge on any atom is -0.465 e. The van der Waals surface area contributed by atoms with Gasteiger partial charge in [-0.25, -0.2) is 4.79 Å². The Morgan fingerprint density at radius 3 is 2.50 bits per heavy atom. The number of aryl methyl sites for hydroxylation is 3. The number of hydrogen-bond donors (Lipinski definition) is 2. The molecule has 138 valence electrons. The molecule has 0 bridgehead atoms.